The lowest BCUT2D eigenvalue weighted by Gasteiger charge is -2.08. The summed E-state index contributed by atoms with van der Waals surface area (Å²) in [6.45, 7) is 0.667. The Morgan fingerprint density at radius 3 is 3.00 bits per heavy atom. The number of aromatic amines is 1. The summed E-state index contributed by atoms with van der Waals surface area (Å²) in [6.07, 6.45) is 3.18. The first kappa shape index (κ1) is 13.1. The molecule has 0 unspecified atom stereocenters. The number of rotatable bonds is 5. The molecule has 0 saturated heterocycles. The van der Waals surface area contributed by atoms with E-state index in [2.05, 4.69) is 15.3 Å². The first-order valence-corrected chi connectivity index (χ1v) is 6.10. The molecule has 0 fully saturated rings. The molecule has 1 aromatic heterocycles. The quantitative estimate of drug-likeness (QED) is 0.640. The number of H-pyrrole nitrogens is 1. The maximum Gasteiger partial charge on any atom is 0.276 e. The molecule has 0 atom stereocenters. The van der Waals surface area contributed by atoms with E-state index >= 15 is 0 Å². The van der Waals surface area contributed by atoms with Gasteiger partial charge in [0, 0.05) is 5.69 Å². The van der Waals surface area contributed by atoms with E-state index in [1.807, 2.05) is 24.3 Å². The molecule has 0 radical (unpaired) electrons. The molecule has 0 aliphatic rings. The van der Waals surface area contributed by atoms with E-state index in [1.54, 1.807) is 0 Å². The van der Waals surface area contributed by atoms with Gasteiger partial charge in [-0.1, -0.05) is 12.1 Å². The number of nitrogens with one attached hydrogen (secondary N) is 2. The Hall–Kier alpha value is -2.34. The highest BCUT2D eigenvalue weighted by atomic mass is 16.1. The van der Waals surface area contributed by atoms with Gasteiger partial charge in [-0.2, -0.15) is 0 Å². The number of hydrogen-bond donors (Lipinski definition) is 4. The summed E-state index contributed by atoms with van der Waals surface area (Å²) in [6, 6.07) is 7.87. The molecule has 6 nitrogen and oxygen atoms in total. The van der Waals surface area contributed by atoms with Crippen molar-refractivity contribution in [3.8, 4) is 0 Å². The Labute approximate surface area is 110 Å². The van der Waals surface area contributed by atoms with Crippen LogP contribution in [0.1, 0.15) is 12.0 Å². The molecule has 6 N–H and O–H groups in total. The second-order valence-corrected chi connectivity index (χ2v) is 4.21. The molecular formula is C13H17N5O. The lowest BCUT2D eigenvalue weighted by atomic mass is 10.1. The molecule has 6 heteroatoms. The molecule has 2 aromatic rings. The SMILES string of the molecule is NCCCc1cccc(Nc2nc[nH]c(=O)c2N)c1. The smallest absolute Gasteiger partial charge is 0.276 e. The van der Waals surface area contributed by atoms with E-state index in [1.165, 1.54) is 11.9 Å². The maximum absolute atomic E-state index is 11.4. The van der Waals surface area contributed by atoms with E-state index in [0.29, 0.717) is 12.4 Å². The van der Waals surface area contributed by atoms with Crippen molar-refractivity contribution in [2.45, 2.75) is 12.8 Å². The molecule has 0 aliphatic carbocycles. The first-order valence-electron chi connectivity index (χ1n) is 6.10. The van der Waals surface area contributed by atoms with Crippen molar-refractivity contribution in [2.75, 3.05) is 17.6 Å². The van der Waals surface area contributed by atoms with Crippen LogP contribution in [-0.2, 0) is 6.42 Å². The molecule has 0 bridgehead atoms. The van der Waals surface area contributed by atoms with Crippen LogP contribution in [0.4, 0.5) is 17.2 Å². The predicted octanol–water partition coefficient (Wildman–Crippen LogP) is 0.987. The van der Waals surface area contributed by atoms with E-state index in [0.717, 1.165) is 18.5 Å². The van der Waals surface area contributed by atoms with Crippen molar-refractivity contribution in [3.63, 3.8) is 0 Å². The van der Waals surface area contributed by atoms with Gasteiger partial charge in [0.25, 0.3) is 5.56 Å². The van der Waals surface area contributed by atoms with Crippen molar-refractivity contribution in [2.24, 2.45) is 5.73 Å². The molecule has 1 aromatic carbocycles. The van der Waals surface area contributed by atoms with Crippen molar-refractivity contribution in [1.29, 1.82) is 0 Å². The molecule has 19 heavy (non-hydrogen) atoms. The highest BCUT2D eigenvalue weighted by molar-refractivity contribution is 5.67. The van der Waals surface area contributed by atoms with Gasteiger partial charge in [-0.25, -0.2) is 4.98 Å². The Balaban J connectivity index is 2.19. The number of benzene rings is 1. The highest BCUT2D eigenvalue weighted by Gasteiger charge is 2.04. The first-order chi connectivity index (χ1) is 9.20. The fraction of sp³-hybridized carbons (Fsp3) is 0.231. The van der Waals surface area contributed by atoms with Crippen molar-refractivity contribution in [3.05, 3.63) is 46.5 Å². The van der Waals surface area contributed by atoms with Gasteiger partial charge in [0.1, 0.15) is 5.69 Å². The van der Waals surface area contributed by atoms with Crippen LogP contribution in [0.15, 0.2) is 35.4 Å². The number of anilines is 3. The monoisotopic (exact) mass is 259 g/mol. The van der Waals surface area contributed by atoms with Crippen LogP contribution in [0, 0.1) is 0 Å². The van der Waals surface area contributed by atoms with E-state index in [9.17, 15) is 4.79 Å². The van der Waals surface area contributed by atoms with Gasteiger partial charge in [0.15, 0.2) is 5.82 Å². The minimum absolute atomic E-state index is 0.0786. The Morgan fingerprint density at radius 2 is 2.21 bits per heavy atom. The second kappa shape index (κ2) is 6.01. The van der Waals surface area contributed by atoms with E-state index < -0.39 is 0 Å². The van der Waals surface area contributed by atoms with Crippen LogP contribution >= 0.6 is 0 Å². The lowest BCUT2D eigenvalue weighted by molar-refractivity contribution is 0.833. The number of aryl methyl sites for hydroxylation is 1. The Bertz CT molecular complexity index is 608. The lowest BCUT2D eigenvalue weighted by Crippen LogP contribution is -2.14. The minimum Gasteiger partial charge on any atom is -0.391 e. The fourth-order valence-corrected chi connectivity index (χ4v) is 1.76. The summed E-state index contributed by atoms with van der Waals surface area (Å²) in [4.78, 5) is 17.8. The molecule has 100 valence electrons. The Kier molecular flexibility index (Phi) is 4.15. The largest absolute Gasteiger partial charge is 0.391 e. The predicted molar refractivity (Wildman–Crippen MR) is 76.4 cm³/mol. The molecule has 0 spiro atoms. The van der Waals surface area contributed by atoms with Gasteiger partial charge >= 0.3 is 0 Å². The molecular weight excluding hydrogens is 242 g/mol. The van der Waals surface area contributed by atoms with Gasteiger partial charge in [-0.3, -0.25) is 4.79 Å². The number of nitrogens with two attached hydrogens (primary N) is 2. The third kappa shape index (κ3) is 3.32. The van der Waals surface area contributed by atoms with Crippen molar-refractivity contribution >= 4 is 17.2 Å². The summed E-state index contributed by atoms with van der Waals surface area (Å²) in [5, 5.41) is 3.04. The normalized spacial score (nSPS) is 10.4. The van der Waals surface area contributed by atoms with Gasteiger partial charge < -0.3 is 21.8 Å². The fourth-order valence-electron chi connectivity index (χ4n) is 1.76. The van der Waals surface area contributed by atoms with Crippen LogP contribution in [0.5, 0.6) is 0 Å². The summed E-state index contributed by atoms with van der Waals surface area (Å²) in [5.41, 5.74) is 12.9. The van der Waals surface area contributed by atoms with Crippen molar-refractivity contribution in [1.82, 2.24) is 9.97 Å². The molecule has 0 aliphatic heterocycles. The number of nitrogen functional groups attached to an aromatic ring is 1. The van der Waals surface area contributed by atoms with Crippen molar-refractivity contribution < 1.29 is 0 Å². The zero-order chi connectivity index (χ0) is 13.7. The standard InChI is InChI=1S/C13H17N5O/c14-6-2-4-9-3-1-5-10(7-9)18-12-11(15)13(19)17-8-16-12/h1,3,5,7-8H,2,4,6,14-15H2,(H2,16,17,18,19). The van der Waals surface area contributed by atoms with Crippen LogP contribution in [-0.4, -0.2) is 16.5 Å². The third-order valence-electron chi connectivity index (χ3n) is 2.75. The van der Waals surface area contributed by atoms with Gasteiger partial charge in [-0.05, 0) is 37.1 Å². The maximum atomic E-state index is 11.4. The van der Waals surface area contributed by atoms with Gasteiger partial charge in [0.05, 0.1) is 6.33 Å². The third-order valence-corrected chi connectivity index (χ3v) is 2.75. The highest BCUT2D eigenvalue weighted by Crippen LogP contribution is 2.18. The number of nitrogens with zero attached hydrogens (tertiary/aromatic N) is 1. The Morgan fingerprint density at radius 1 is 1.37 bits per heavy atom. The van der Waals surface area contributed by atoms with Crippen LogP contribution < -0.4 is 22.3 Å². The number of hydrogen-bond acceptors (Lipinski definition) is 5. The molecule has 1 heterocycles. The zero-order valence-electron chi connectivity index (χ0n) is 10.5. The van der Waals surface area contributed by atoms with Gasteiger partial charge in [-0.15, -0.1) is 0 Å². The molecule has 0 amide bonds. The average Bonchev–Trinajstić information content (AvgIpc) is 2.42. The summed E-state index contributed by atoms with van der Waals surface area (Å²) >= 11 is 0. The van der Waals surface area contributed by atoms with Crippen LogP contribution in [0.25, 0.3) is 0 Å². The second-order valence-electron chi connectivity index (χ2n) is 4.21. The topological polar surface area (TPSA) is 110 Å². The minimum atomic E-state index is -0.350. The van der Waals surface area contributed by atoms with E-state index in [4.69, 9.17) is 11.5 Å². The summed E-state index contributed by atoms with van der Waals surface area (Å²) < 4.78 is 0. The van der Waals surface area contributed by atoms with Gasteiger partial charge in [0.2, 0.25) is 0 Å². The molecule has 2 rings (SSSR count). The molecule has 0 saturated carbocycles. The number of aromatic nitrogens is 2. The zero-order valence-corrected chi connectivity index (χ0v) is 10.5. The summed E-state index contributed by atoms with van der Waals surface area (Å²) in [7, 11) is 0. The van der Waals surface area contributed by atoms with E-state index in [-0.39, 0.29) is 11.2 Å². The van der Waals surface area contributed by atoms with Crippen LogP contribution in [0.2, 0.25) is 0 Å². The summed E-state index contributed by atoms with van der Waals surface area (Å²) in [5.74, 6) is 0.361. The van der Waals surface area contributed by atoms with Crippen LogP contribution in [0.3, 0.4) is 0 Å². The average molecular weight is 259 g/mol.